The fourth-order valence-corrected chi connectivity index (χ4v) is 3.17. The molecule has 1 N–H and O–H groups in total. The molecule has 1 aliphatic rings. The summed E-state index contributed by atoms with van der Waals surface area (Å²) in [5, 5.41) is 16.0. The van der Waals surface area contributed by atoms with Crippen molar-refractivity contribution in [2.75, 3.05) is 13.1 Å². The quantitative estimate of drug-likeness (QED) is 0.801. The van der Waals surface area contributed by atoms with E-state index in [0.717, 1.165) is 44.0 Å². The van der Waals surface area contributed by atoms with E-state index in [9.17, 15) is 0 Å². The van der Waals surface area contributed by atoms with Crippen molar-refractivity contribution in [3.8, 4) is 11.3 Å². The van der Waals surface area contributed by atoms with Crippen LogP contribution in [0.25, 0.3) is 11.3 Å². The van der Waals surface area contributed by atoms with Crippen LogP contribution in [0.3, 0.4) is 0 Å². The molecule has 1 aliphatic heterocycles. The molecular formula is C17H20N6. The first-order valence-corrected chi connectivity index (χ1v) is 7.98. The van der Waals surface area contributed by atoms with Gasteiger partial charge >= 0.3 is 0 Å². The van der Waals surface area contributed by atoms with E-state index >= 15 is 0 Å². The summed E-state index contributed by atoms with van der Waals surface area (Å²) in [6, 6.07) is 10.4. The Labute approximate surface area is 135 Å². The third-order valence-electron chi connectivity index (χ3n) is 4.53. The van der Waals surface area contributed by atoms with Crippen molar-refractivity contribution in [3.63, 3.8) is 0 Å². The van der Waals surface area contributed by atoms with Crippen LogP contribution in [0.5, 0.6) is 0 Å². The lowest BCUT2D eigenvalue weighted by Crippen LogP contribution is -2.27. The summed E-state index contributed by atoms with van der Waals surface area (Å²) in [5.41, 5.74) is 4.91. The Balaban J connectivity index is 1.53. The van der Waals surface area contributed by atoms with E-state index in [1.54, 1.807) is 6.33 Å². The van der Waals surface area contributed by atoms with Gasteiger partial charge in [-0.2, -0.15) is 5.10 Å². The molecule has 0 fully saturated rings. The monoisotopic (exact) mass is 308 g/mol. The van der Waals surface area contributed by atoms with Crippen molar-refractivity contribution in [1.29, 1.82) is 0 Å². The van der Waals surface area contributed by atoms with Crippen LogP contribution in [0.4, 0.5) is 0 Å². The summed E-state index contributed by atoms with van der Waals surface area (Å²) in [6.07, 6.45) is 3.76. The number of aromatic nitrogens is 5. The average molecular weight is 308 g/mol. The molecule has 0 spiro atoms. The third-order valence-corrected chi connectivity index (χ3v) is 4.53. The minimum absolute atomic E-state index is 0.842. The highest BCUT2D eigenvalue weighted by Gasteiger charge is 2.21. The summed E-state index contributed by atoms with van der Waals surface area (Å²) in [4.78, 5) is 2.44. The van der Waals surface area contributed by atoms with Crippen molar-refractivity contribution in [3.05, 3.63) is 53.7 Å². The fraction of sp³-hybridized carbons (Fsp3) is 0.353. The number of aryl methyl sites for hydroxylation is 1. The van der Waals surface area contributed by atoms with Crippen LogP contribution in [0.15, 0.2) is 36.7 Å². The predicted octanol–water partition coefficient (Wildman–Crippen LogP) is 1.81. The van der Waals surface area contributed by atoms with Gasteiger partial charge in [-0.1, -0.05) is 30.3 Å². The molecule has 6 heteroatoms. The zero-order valence-electron chi connectivity index (χ0n) is 13.2. The van der Waals surface area contributed by atoms with Gasteiger partial charge in [0, 0.05) is 43.4 Å². The van der Waals surface area contributed by atoms with Crippen LogP contribution in [0.1, 0.15) is 17.1 Å². The number of benzene rings is 1. The maximum Gasteiger partial charge on any atom is 0.146 e. The highest BCUT2D eigenvalue weighted by Crippen LogP contribution is 2.26. The molecule has 6 nitrogen and oxygen atoms in total. The van der Waals surface area contributed by atoms with Crippen molar-refractivity contribution in [1.82, 2.24) is 29.9 Å². The minimum atomic E-state index is 0.842. The number of H-pyrrole nitrogens is 1. The minimum Gasteiger partial charge on any atom is -0.320 e. The number of aromatic amines is 1. The first-order chi connectivity index (χ1) is 11.3. The van der Waals surface area contributed by atoms with E-state index in [-0.39, 0.29) is 0 Å². The molecule has 0 amide bonds. The Hall–Kier alpha value is -2.47. The number of rotatable bonds is 3. The number of hydrogen-bond donors (Lipinski definition) is 1. The van der Waals surface area contributed by atoms with E-state index in [4.69, 9.17) is 0 Å². The lowest BCUT2D eigenvalue weighted by Gasteiger charge is -2.18. The van der Waals surface area contributed by atoms with Crippen molar-refractivity contribution in [2.24, 2.45) is 7.05 Å². The second-order valence-electron chi connectivity index (χ2n) is 6.03. The average Bonchev–Trinajstić information content (AvgIpc) is 3.11. The molecule has 23 heavy (non-hydrogen) atoms. The molecule has 0 saturated carbocycles. The van der Waals surface area contributed by atoms with Gasteiger partial charge in [0.1, 0.15) is 12.2 Å². The molecule has 2 aromatic heterocycles. The van der Waals surface area contributed by atoms with Gasteiger partial charge in [0.05, 0.1) is 12.2 Å². The number of fused-ring (bicyclic) bond motifs is 1. The molecule has 4 rings (SSSR count). The normalized spacial score (nSPS) is 15.3. The summed E-state index contributed by atoms with van der Waals surface area (Å²) >= 11 is 0. The first kappa shape index (κ1) is 14.1. The van der Waals surface area contributed by atoms with Crippen LogP contribution < -0.4 is 0 Å². The maximum atomic E-state index is 4.55. The molecule has 0 atom stereocenters. The van der Waals surface area contributed by atoms with Gasteiger partial charge in [-0.25, -0.2) is 0 Å². The molecule has 3 aromatic rings. The summed E-state index contributed by atoms with van der Waals surface area (Å²) in [6.45, 7) is 2.87. The Morgan fingerprint density at radius 3 is 2.74 bits per heavy atom. The van der Waals surface area contributed by atoms with E-state index in [0.29, 0.717) is 0 Å². The Bertz CT molecular complexity index is 789. The van der Waals surface area contributed by atoms with Gasteiger partial charge in [0.2, 0.25) is 0 Å². The Morgan fingerprint density at radius 1 is 1.13 bits per heavy atom. The van der Waals surface area contributed by atoms with Crippen LogP contribution in [0, 0.1) is 0 Å². The number of nitrogens with zero attached hydrogens (tertiary/aromatic N) is 5. The first-order valence-electron chi connectivity index (χ1n) is 7.98. The van der Waals surface area contributed by atoms with Gasteiger partial charge < -0.3 is 4.57 Å². The zero-order chi connectivity index (χ0) is 15.6. The lowest BCUT2D eigenvalue weighted by molar-refractivity contribution is 0.268. The number of nitrogens with one attached hydrogen (secondary N) is 1. The van der Waals surface area contributed by atoms with E-state index in [2.05, 4.69) is 49.6 Å². The summed E-state index contributed by atoms with van der Waals surface area (Å²) < 4.78 is 1.99. The summed E-state index contributed by atoms with van der Waals surface area (Å²) in [5.74, 6) is 1.01. The molecule has 0 bridgehead atoms. The molecule has 0 unspecified atom stereocenters. The molecule has 1 aromatic carbocycles. The van der Waals surface area contributed by atoms with Gasteiger partial charge in [-0.05, 0) is 6.42 Å². The molecular weight excluding hydrogens is 288 g/mol. The van der Waals surface area contributed by atoms with Crippen molar-refractivity contribution >= 4 is 0 Å². The third kappa shape index (κ3) is 2.77. The smallest absolute Gasteiger partial charge is 0.146 e. The fourth-order valence-electron chi connectivity index (χ4n) is 3.17. The van der Waals surface area contributed by atoms with E-state index in [1.165, 1.54) is 16.8 Å². The van der Waals surface area contributed by atoms with E-state index < -0.39 is 0 Å². The SMILES string of the molecule is Cn1cnnc1CN1CCc2[nH]nc(-c3ccccc3)c2CC1. The van der Waals surface area contributed by atoms with Crippen LogP contribution in [0.2, 0.25) is 0 Å². The van der Waals surface area contributed by atoms with Gasteiger partial charge in [0.15, 0.2) is 0 Å². The highest BCUT2D eigenvalue weighted by atomic mass is 15.3. The van der Waals surface area contributed by atoms with Crippen molar-refractivity contribution in [2.45, 2.75) is 19.4 Å². The zero-order valence-corrected chi connectivity index (χ0v) is 13.2. The van der Waals surface area contributed by atoms with Gasteiger partial charge in [0.25, 0.3) is 0 Å². The molecule has 3 heterocycles. The Kier molecular flexibility index (Phi) is 3.67. The lowest BCUT2D eigenvalue weighted by atomic mass is 10.0. The molecule has 0 radical (unpaired) electrons. The van der Waals surface area contributed by atoms with Gasteiger partial charge in [-0.3, -0.25) is 10.00 Å². The molecule has 118 valence electrons. The second kappa shape index (κ2) is 5.96. The van der Waals surface area contributed by atoms with E-state index in [1.807, 2.05) is 17.7 Å². The highest BCUT2D eigenvalue weighted by molar-refractivity contribution is 5.64. The van der Waals surface area contributed by atoms with Crippen LogP contribution in [-0.2, 0) is 26.4 Å². The number of hydrogen-bond acceptors (Lipinski definition) is 4. The van der Waals surface area contributed by atoms with Gasteiger partial charge in [-0.15, -0.1) is 10.2 Å². The molecule has 0 saturated heterocycles. The Morgan fingerprint density at radius 2 is 1.96 bits per heavy atom. The predicted molar refractivity (Wildman–Crippen MR) is 87.7 cm³/mol. The molecule has 0 aliphatic carbocycles. The largest absolute Gasteiger partial charge is 0.320 e. The van der Waals surface area contributed by atoms with Crippen LogP contribution in [-0.4, -0.2) is 43.0 Å². The maximum absolute atomic E-state index is 4.55. The standard InChI is InChI=1S/C17H20N6/c1-22-12-18-20-16(22)11-23-9-7-14-15(8-10-23)19-21-17(14)13-5-3-2-4-6-13/h2-6,12H,7-11H2,1H3,(H,19,21). The topological polar surface area (TPSA) is 62.6 Å². The second-order valence-corrected chi connectivity index (χ2v) is 6.03. The summed E-state index contributed by atoms with van der Waals surface area (Å²) in [7, 11) is 1.99. The van der Waals surface area contributed by atoms with Crippen molar-refractivity contribution < 1.29 is 0 Å². The van der Waals surface area contributed by atoms with Crippen LogP contribution >= 0.6 is 0 Å².